The van der Waals surface area contributed by atoms with Gasteiger partial charge in [0.05, 0.1) is 29.3 Å². The van der Waals surface area contributed by atoms with Crippen LogP contribution in [0.2, 0.25) is 0 Å². The highest BCUT2D eigenvalue weighted by Crippen LogP contribution is 2.27. The van der Waals surface area contributed by atoms with Gasteiger partial charge >= 0.3 is 5.97 Å². The highest BCUT2D eigenvalue weighted by Gasteiger charge is 2.12. The molecule has 0 unspecified atom stereocenters. The Morgan fingerprint density at radius 2 is 1.96 bits per heavy atom. The van der Waals surface area contributed by atoms with Crippen molar-refractivity contribution in [2.24, 2.45) is 0 Å². The molecular formula is C19H18N2O3S. The molecule has 0 aliphatic rings. The van der Waals surface area contributed by atoms with Gasteiger partial charge in [-0.3, -0.25) is 4.79 Å². The van der Waals surface area contributed by atoms with Crippen molar-refractivity contribution in [3.05, 3.63) is 58.7 Å². The summed E-state index contributed by atoms with van der Waals surface area (Å²) in [4.78, 5) is 28.3. The molecule has 1 aromatic heterocycles. The van der Waals surface area contributed by atoms with Gasteiger partial charge in [0.1, 0.15) is 0 Å². The summed E-state index contributed by atoms with van der Waals surface area (Å²) in [6.45, 7) is 4.00. The van der Waals surface area contributed by atoms with Crippen LogP contribution >= 0.6 is 11.3 Å². The molecule has 2 aromatic carbocycles. The fourth-order valence-corrected chi connectivity index (χ4v) is 3.47. The minimum atomic E-state index is -0.393. The number of benzene rings is 2. The van der Waals surface area contributed by atoms with Crippen LogP contribution in [-0.2, 0) is 16.0 Å². The Bertz CT molecular complexity index is 962. The number of aromatic nitrogens is 1. The van der Waals surface area contributed by atoms with Crippen molar-refractivity contribution in [2.45, 2.75) is 20.3 Å². The van der Waals surface area contributed by atoms with Gasteiger partial charge in [-0.1, -0.05) is 35.1 Å². The number of carbonyl (C=O) groups is 2. The van der Waals surface area contributed by atoms with Crippen LogP contribution < -0.4 is 5.32 Å². The van der Waals surface area contributed by atoms with Gasteiger partial charge in [-0.05, 0) is 43.2 Å². The number of thiazole rings is 1. The van der Waals surface area contributed by atoms with Crippen LogP contribution in [0.5, 0.6) is 0 Å². The molecule has 0 aliphatic heterocycles. The maximum Gasteiger partial charge on any atom is 0.337 e. The van der Waals surface area contributed by atoms with Crippen molar-refractivity contribution in [2.75, 3.05) is 12.4 Å². The first-order valence-electron chi connectivity index (χ1n) is 7.81. The Morgan fingerprint density at radius 3 is 2.72 bits per heavy atom. The summed E-state index contributed by atoms with van der Waals surface area (Å²) < 4.78 is 5.54. The number of carbonyl (C=O) groups excluding carboxylic acids is 2. The molecule has 1 heterocycles. The zero-order chi connectivity index (χ0) is 18.0. The number of rotatable bonds is 4. The summed E-state index contributed by atoms with van der Waals surface area (Å²) in [5, 5.41) is 3.36. The van der Waals surface area contributed by atoms with E-state index in [4.69, 9.17) is 4.74 Å². The van der Waals surface area contributed by atoms with Crippen LogP contribution in [0.1, 0.15) is 27.0 Å². The number of hydrogen-bond acceptors (Lipinski definition) is 5. The summed E-state index contributed by atoms with van der Waals surface area (Å²) in [7, 11) is 1.35. The van der Waals surface area contributed by atoms with E-state index < -0.39 is 5.97 Å². The van der Waals surface area contributed by atoms with E-state index in [2.05, 4.69) is 10.3 Å². The number of ether oxygens (including phenoxy) is 1. The van der Waals surface area contributed by atoms with Gasteiger partial charge in [0.25, 0.3) is 0 Å². The van der Waals surface area contributed by atoms with Gasteiger partial charge in [-0.15, -0.1) is 0 Å². The number of methoxy groups -OCH3 is 1. The predicted molar refractivity (Wildman–Crippen MR) is 99.2 cm³/mol. The smallest absolute Gasteiger partial charge is 0.337 e. The first-order chi connectivity index (χ1) is 12.0. The second-order valence-electron chi connectivity index (χ2n) is 5.85. The van der Waals surface area contributed by atoms with Crippen molar-refractivity contribution in [1.29, 1.82) is 0 Å². The van der Waals surface area contributed by atoms with Crippen LogP contribution in [0.4, 0.5) is 5.13 Å². The zero-order valence-corrected chi connectivity index (χ0v) is 15.1. The summed E-state index contributed by atoms with van der Waals surface area (Å²) >= 11 is 1.33. The minimum Gasteiger partial charge on any atom is -0.465 e. The lowest BCUT2D eigenvalue weighted by Crippen LogP contribution is -2.14. The number of nitrogens with one attached hydrogen (secondary N) is 1. The lowest BCUT2D eigenvalue weighted by atomic mass is 10.0. The molecule has 0 fully saturated rings. The lowest BCUT2D eigenvalue weighted by Gasteiger charge is -2.06. The van der Waals surface area contributed by atoms with Crippen LogP contribution in [0.25, 0.3) is 10.2 Å². The molecule has 3 rings (SSSR count). The minimum absolute atomic E-state index is 0.110. The van der Waals surface area contributed by atoms with Gasteiger partial charge < -0.3 is 10.1 Å². The predicted octanol–water partition coefficient (Wildman–Crippen LogP) is 3.88. The Hall–Kier alpha value is -2.73. The van der Waals surface area contributed by atoms with Crippen LogP contribution in [0.15, 0.2) is 36.4 Å². The molecule has 25 heavy (non-hydrogen) atoms. The average molecular weight is 354 g/mol. The molecule has 0 aliphatic carbocycles. The van der Waals surface area contributed by atoms with E-state index in [1.54, 1.807) is 18.2 Å². The first-order valence-corrected chi connectivity index (χ1v) is 8.63. The third-order valence-electron chi connectivity index (χ3n) is 3.91. The molecule has 0 spiro atoms. The molecule has 0 saturated carbocycles. The Kier molecular flexibility index (Phi) is 4.81. The normalized spacial score (nSPS) is 10.7. The van der Waals surface area contributed by atoms with E-state index in [0.717, 1.165) is 26.9 Å². The number of amides is 1. The van der Waals surface area contributed by atoms with Crippen LogP contribution in [-0.4, -0.2) is 24.0 Å². The second-order valence-corrected chi connectivity index (χ2v) is 6.88. The molecule has 0 bridgehead atoms. The van der Waals surface area contributed by atoms with Gasteiger partial charge in [0, 0.05) is 0 Å². The molecule has 128 valence electrons. The SMILES string of the molecule is COC(=O)c1ccc2nc(NC(=O)Cc3cc(C)ccc3C)sc2c1. The third kappa shape index (κ3) is 3.85. The third-order valence-corrected chi connectivity index (χ3v) is 4.85. The molecule has 5 nitrogen and oxygen atoms in total. The number of fused-ring (bicyclic) bond motifs is 1. The highest BCUT2D eigenvalue weighted by molar-refractivity contribution is 7.22. The lowest BCUT2D eigenvalue weighted by molar-refractivity contribution is -0.115. The fraction of sp³-hybridized carbons (Fsp3) is 0.211. The van der Waals surface area contributed by atoms with E-state index in [9.17, 15) is 9.59 Å². The number of nitrogens with zero attached hydrogens (tertiary/aromatic N) is 1. The van der Waals surface area contributed by atoms with Crippen molar-refractivity contribution in [3.63, 3.8) is 0 Å². The number of hydrogen-bond donors (Lipinski definition) is 1. The molecule has 0 atom stereocenters. The monoisotopic (exact) mass is 354 g/mol. The van der Waals surface area contributed by atoms with Crippen molar-refractivity contribution < 1.29 is 14.3 Å². The van der Waals surface area contributed by atoms with Crippen LogP contribution in [0.3, 0.4) is 0 Å². The Morgan fingerprint density at radius 1 is 1.16 bits per heavy atom. The van der Waals surface area contributed by atoms with Gasteiger partial charge in [0.2, 0.25) is 5.91 Å². The fourth-order valence-electron chi connectivity index (χ4n) is 2.55. The quantitative estimate of drug-likeness (QED) is 0.722. The number of aryl methyl sites for hydroxylation is 2. The number of anilines is 1. The van der Waals surface area contributed by atoms with E-state index in [1.807, 2.05) is 32.0 Å². The van der Waals surface area contributed by atoms with Gasteiger partial charge in [-0.25, -0.2) is 9.78 Å². The highest BCUT2D eigenvalue weighted by atomic mass is 32.1. The van der Waals surface area contributed by atoms with Crippen molar-refractivity contribution in [3.8, 4) is 0 Å². The maximum atomic E-state index is 12.3. The molecule has 0 saturated heterocycles. The van der Waals surface area contributed by atoms with Crippen molar-refractivity contribution >= 4 is 38.6 Å². The standard InChI is InChI=1S/C19H18N2O3S/c1-11-4-5-12(2)14(8-11)10-17(22)21-19-20-15-7-6-13(18(23)24-3)9-16(15)25-19/h4-9H,10H2,1-3H3,(H,20,21,22). The van der Waals surface area contributed by atoms with Gasteiger partial charge in [0.15, 0.2) is 5.13 Å². The summed E-state index contributed by atoms with van der Waals surface area (Å²) in [5.74, 6) is -0.503. The van der Waals surface area contributed by atoms with E-state index in [0.29, 0.717) is 17.1 Å². The molecule has 1 N–H and O–H groups in total. The van der Waals surface area contributed by atoms with Gasteiger partial charge in [-0.2, -0.15) is 0 Å². The topological polar surface area (TPSA) is 68.3 Å². The van der Waals surface area contributed by atoms with E-state index in [-0.39, 0.29) is 5.91 Å². The Balaban J connectivity index is 1.77. The van der Waals surface area contributed by atoms with Crippen molar-refractivity contribution in [1.82, 2.24) is 4.98 Å². The van der Waals surface area contributed by atoms with E-state index in [1.165, 1.54) is 18.4 Å². The molecule has 0 radical (unpaired) electrons. The molecule has 6 heteroatoms. The second kappa shape index (κ2) is 7.03. The van der Waals surface area contributed by atoms with E-state index >= 15 is 0 Å². The largest absolute Gasteiger partial charge is 0.465 e. The molecule has 3 aromatic rings. The summed E-state index contributed by atoms with van der Waals surface area (Å²) in [6.07, 6.45) is 0.302. The Labute approximate surface area is 149 Å². The maximum absolute atomic E-state index is 12.3. The first kappa shape index (κ1) is 17.1. The number of esters is 1. The molecule has 1 amide bonds. The average Bonchev–Trinajstić information content (AvgIpc) is 2.98. The zero-order valence-electron chi connectivity index (χ0n) is 14.3. The summed E-state index contributed by atoms with van der Waals surface area (Å²) in [6, 6.07) is 11.2. The van der Waals surface area contributed by atoms with Crippen LogP contribution in [0, 0.1) is 13.8 Å². The summed E-state index contributed by atoms with van der Waals surface area (Å²) in [5.41, 5.74) is 4.43. The molecular weight excluding hydrogens is 336 g/mol.